The summed E-state index contributed by atoms with van der Waals surface area (Å²) in [5, 5.41) is 0. The standard InChI is InChI=1S/C23H35BrO3/c1-3-23(19-26-20(23)2)27-18-12-10-8-6-4-5-7-9-11-17-25-22-15-13-21(24)14-16-22/h13-16H,2-12,17-19H2,1H3. The summed E-state index contributed by atoms with van der Waals surface area (Å²) in [6.45, 7) is 8.38. The van der Waals surface area contributed by atoms with E-state index in [0.717, 1.165) is 48.5 Å². The van der Waals surface area contributed by atoms with Gasteiger partial charge in [-0.1, -0.05) is 74.4 Å². The molecule has 1 saturated heterocycles. The molecule has 0 radical (unpaired) electrons. The first-order chi connectivity index (χ1) is 13.2. The van der Waals surface area contributed by atoms with Gasteiger partial charge in [0.1, 0.15) is 18.1 Å². The molecule has 4 heteroatoms. The van der Waals surface area contributed by atoms with E-state index in [0.29, 0.717) is 6.61 Å². The molecular formula is C23H35BrO3. The van der Waals surface area contributed by atoms with Gasteiger partial charge in [-0.05, 0) is 43.5 Å². The van der Waals surface area contributed by atoms with Gasteiger partial charge in [-0.3, -0.25) is 0 Å². The molecule has 0 aliphatic carbocycles. The maximum atomic E-state index is 6.01. The second-order valence-corrected chi connectivity index (χ2v) is 8.31. The van der Waals surface area contributed by atoms with E-state index in [1.54, 1.807) is 0 Å². The highest BCUT2D eigenvalue weighted by Gasteiger charge is 2.43. The van der Waals surface area contributed by atoms with Gasteiger partial charge < -0.3 is 14.2 Å². The topological polar surface area (TPSA) is 27.7 Å². The third kappa shape index (κ3) is 7.87. The van der Waals surface area contributed by atoms with Gasteiger partial charge >= 0.3 is 0 Å². The van der Waals surface area contributed by atoms with Crippen LogP contribution in [0.4, 0.5) is 0 Å². The minimum Gasteiger partial charge on any atom is -0.494 e. The van der Waals surface area contributed by atoms with Crippen molar-refractivity contribution in [3.8, 4) is 5.75 Å². The minimum atomic E-state index is -0.179. The van der Waals surface area contributed by atoms with Crippen molar-refractivity contribution in [1.29, 1.82) is 0 Å². The molecule has 0 N–H and O–H groups in total. The van der Waals surface area contributed by atoms with Gasteiger partial charge in [-0.25, -0.2) is 0 Å². The van der Waals surface area contributed by atoms with E-state index in [-0.39, 0.29) is 5.60 Å². The van der Waals surface area contributed by atoms with Gasteiger partial charge in [0, 0.05) is 11.1 Å². The van der Waals surface area contributed by atoms with Crippen LogP contribution in [-0.2, 0) is 9.47 Å². The molecule has 0 saturated carbocycles. The van der Waals surface area contributed by atoms with E-state index in [1.807, 2.05) is 24.3 Å². The fourth-order valence-corrected chi connectivity index (χ4v) is 3.55. The Bertz CT molecular complexity index is 539. The first-order valence-corrected chi connectivity index (χ1v) is 11.3. The van der Waals surface area contributed by atoms with Crippen LogP contribution in [0.15, 0.2) is 41.1 Å². The lowest BCUT2D eigenvalue weighted by Crippen LogP contribution is -2.48. The summed E-state index contributed by atoms with van der Waals surface area (Å²) in [5.41, 5.74) is -0.179. The highest BCUT2D eigenvalue weighted by Crippen LogP contribution is 2.35. The molecule has 1 atom stereocenters. The molecule has 1 unspecified atom stereocenters. The summed E-state index contributed by atoms with van der Waals surface area (Å²) in [4.78, 5) is 0. The van der Waals surface area contributed by atoms with Gasteiger partial charge in [0.25, 0.3) is 0 Å². The lowest BCUT2D eigenvalue weighted by molar-refractivity contribution is -0.158. The van der Waals surface area contributed by atoms with E-state index in [9.17, 15) is 0 Å². The van der Waals surface area contributed by atoms with Gasteiger partial charge in [0.05, 0.1) is 6.61 Å². The van der Waals surface area contributed by atoms with Gasteiger partial charge in [0.15, 0.2) is 5.60 Å². The fraction of sp³-hybridized carbons (Fsp3) is 0.652. The second kappa shape index (κ2) is 12.5. The summed E-state index contributed by atoms with van der Waals surface area (Å²) in [6, 6.07) is 8.05. The Kier molecular flexibility index (Phi) is 10.3. The lowest BCUT2D eigenvalue weighted by Gasteiger charge is -2.42. The molecule has 1 fully saturated rings. The summed E-state index contributed by atoms with van der Waals surface area (Å²) in [6.07, 6.45) is 12.4. The van der Waals surface area contributed by atoms with Crippen LogP contribution in [0.1, 0.15) is 71.1 Å². The van der Waals surface area contributed by atoms with Crippen molar-refractivity contribution in [2.24, 2.45) is 0 Å². The molecule has 27 heavy (non-hydrogen) atoms. The SMILES string of the molecule is C=C1OCC1(CC)OCCCCCCCCCCCOc1ccc(Br)cc1. The van der Waals surface area contributed by atoms with Crippen molar-refractivity contribution in [2.75, 3.05) is 19.8 Å². The lowest BCUT2D eigenvalue weighted by atomic mass is 9.95. The van der Waals surface area contributed by atoms with Gasteiger partial charge in [-0.15, -0.1) is 0 Å². The number of halogens is 1. The third-order valence-corrected chi connectivity index (χ3v) is 5.84. The monoisotopic (exact) mass is 438 g/mol. The van der Waals surface area contributed by atoms with Gasteiger partial charge in [0.2, 0.25) is 0 Å². The van der Waals surface area contributed by atoms with E-state index in [2.05, 4.69) is 29.4 Å². The molecular weight excluding hydrogens is 404 g/mol. The maximum Gasteiger partial charge on any atom is 0.158 e. The van der Waals surface area contributed by atoms with Crippen LogP contribution in [0.3, 0.4) is 0 Å². The predicted octanol–water partition coefficient (Wildman–Crippen LogP) is 7.05. The number of hydrogen-bond acceptors (Lipinski definition) is 3. The maximum absolute atomic E-state index is 6.01. The number of ether oxygens (including phenoxy) is 3. The predicted molar refractivity (Wildman–Crippen MR) is 115 cm³/mol. The van der Waals surface area contributed by atoms with E-state index >= 15 is 0 Å². The molecule has 1 aliphatic rings. The molecule has 152 valence electrons. The summed E-state index contributed by atoms with van der Waals surface area (Å²) < 4.78 is 18.1. The Labute approximate surface area is 173 Å². The van der Waals surface area contributed by atoms with E-state index in [1.165, 1.54) is 44.9 Å². The zero-order valence-corrected chi connectivity index (χ0v) is 18.4. The van der Waals surface area contributed by atoms with Crippen molar-refractivity contribution in [2.45, 2.75) is 76.7 Å². The molecule has 0 amide bonds. The van der Waals surface area contributed by atoms with Gasteiger partial charge in [-0.2, -0.15) is 0 Å². The number of hydrogen-bond donors (Lipinski definition) is 0. The molecule has 0 bridgehead atoms. The van der Waals surface area contributed by atoms with Crippen molar-refractivity contribution in [3.63, 3.8) is 0 Å². The average molecular weight is 439 g/mol. The minimum absolute atomic E-state index is 0.179. The summed E-state index contributed by atoms with van der Waals surface area (Å²) in [5.74, 6) is 1.77. The number of rotatable bonds is 15. The number of unbranched alkanes of at least 4 members (excludes halogenated alkanes) is 8. The molecule has 1 heterocycles. The van der Waals surface area contributed by atoms with Crippen molar-refractivity contribution in [1.82, 2.24) is 0 Å². The highest BCUT2D eigenvalue weighted by atomic mass is 79.9. The Balaban J connectivity index is 1.33. The third-order valence-electron chi connectivity index (χ3n) is 5.31. The van der Waals surface area contributed by atoms with E-state index in [4.69, 9.17) is 14.2 Å². The first-order valence-electron chi connectivity index (χ1n) is 10.5. The van der Waals surface area contributed by atoms with E-state index < -0.39 is 0 Å². The van der Waals surface area contributed by atoms with Crippen LogP contribution in [0.25, 0.3) is 0 Å². The van der Waals surface area contributed by atoms with Crippen molar-refractivity contribution >= 4 is 15.9 Å². The highest BCUT2D eigenvalue weighted by molar-refractivity contribution is 9.10. The van der Waals surface area contributed by atoms with Crippen molar-refractivity contribution in [3.05, 3.63) is 41.1 Å². The molecule has 1 aromatic carbocycles. The fourth-order valence-electron chi connectivity index (χ4n) is 3.29. The van der Waals surface area contributed by atoms with Crippen LogP contribution in [0.5, 0.6) is 5.75 Å². The average Bonchev–Trinajstić information content (AvgIpc) is 2.68. The number of benzene rings is 1. The Morgan fingerprint density at radius 2 is 1.48 bits per heavy atom. The summed E-state index contributed by atoms with van der Waals surface area (Å²) in [7, 11) is 0. The molecule has 0 aromatic heterocycles. The van der Waals surface area contributed by atoms with Crippen LogP contribution in [0, 0.1) is 0 Å². The van der Waals surface area contributed by atoms with Crippen LogP contribution >= 0.6 is 15.9 Å². The summed E-state index contributed by atoms with van der Waals surface area (Å²) >= 11 is 3.43. The largest absolute Gasteiger partial charge is 0.494 e. The molecule has 1 aromatic rings. The smallest absolute Gasteiger partial charge is 0.158 e. The molecule has 0 spiro atoms. The van der Waals surface area contributed by atoms with Crippen LogP contribution in [0.2, 0.25) is 0 Å². The second-order valence-electron chi connectivity index (χ2n) is 7.39. The molecule has 2 rings (SSSR count). The zero-order valence-electron chi connectivity index (χ0n) is 16.8. The first kappa shape index (κ1) is 22.3. The van der Waals surface area contributed by atoms with Crippen LogP contribution < -0.4 is 4.74 Å². The Morgan fingerprint density at radius 3 is 1.96 bits per heavy atom. The normalized spacial score (nSPS) is 18.8. The van der Waals surface area contributed by atoms with Crippen LogP contribution in [-0.4, -0.2) is 25.4 Å². The molecule has 1 aliphatic heterocycles. The van der Waals surface area contributed by atoms with Crippen molar-refractivity contribution < 1.29 is 14.2 Å². The quantitative estimate of drug-likeness (QED) is 0.274. The Morgan fingerprint density at radius 1 is 0.926 bits per heavy atom. The Hall–Kier alpha value is -1.000. The molecule has 3 nitrogen and oxygen atoms in total. The zero-order chi connectivity index (χ0) is 19.4.